The number of benzene rings is 1. The molecule has 2 rings (SSSR count). The Labute approximate surface area is 102 Å². The van der Waals surface area contributed by atoms with E-state index in [1.54, 1.807) is 30.3 Å². The van der Waals surface area contributed by atoms with Gasteiger partial charge in [0.1, 0.15) is 12.4 Å². The number of carboxylic acid groups (broad SMARTS) is 1. The van der Waals surface area contributed by atoms with E-state index in [-0.39, 0.29) is 12.4 Å². The Morgan fingerprint density at radius 2 is 2.00 bits per heavy atom. The van der Waals surface area contributed by atoms with Gasteiger partial charge in [0, 0.05) is 10.6 Å². The van der Waals surface area contributed by atoms with Crippen LogP contribution in [0.5, 0.6) is 5.75 Å². The molecule has 0 fully saturated rings. The summed E-state index contributed by atoms with van der Waals surface area (Å²) in [6.07, 6.45) is 1.32. The summed E-state index contributed by atoms with van der Waals surface area (Å²) in [5.74, 6) is -0.587. The molecule has 0 atom stereocenters. The highest BCUT2D eigenvalue weighted by atomic mass is 35.5. The number of hydrogen-bond acceptors (Lipinski definition) is 3. The van der Waals surface area contributed by atoms with Crippen LogP contribution in [0, 0.1) is 0 Å². The van der Waals surface area contributed by atoms with E-state index in [4.69, 9.17) is 25.9 Å². The third-order valence-electron chi connectivity index (χ3n) is 2.15. The lowest BCUT2D eigenvalue weighted by atomic mass is 10.2. The van der Waals surface area contributed by atoms with E-state index >= 15 is 0 Å². The Kier molecular flexibility index (Phi) is 3.35. The molecule has 88 valence electrons. The fraction of sp³-hybridized carbons (Fsp3) is 0.0833. The van der Waals surface area contributed by atoms with Gasteiger partial charge in [-0.1, -0.05) is 11.6 Å². The molecule has 0 bridgehead atoms. The van der Waals surface area contributed by atoms with Crippen molar-refractivity contribution >= 4 is 17.6 Å². The summed E-state index contributed by atoms with van der Waals surface area (Å²) < 4.78 is 10.2. The molecular formula is C12H9ClO4. The molecule has 17 heavy (non-hydrogen) atoms. The maximum Gasteiger partial charge on any atom is 0.372 e. The van der Waals surface area contributed by atoms with Gasteiger partial charge in [0.25, 0.3) is 0 Å². The van der Waals surface area contributed by atoms with Crippen LogP contribution in [0.4, 0.5) is 0 Å². The van der Waals surface area contributed by atoms with Crippen LogP contribution in [0.1, 0.15) is 16.1 Å². The molecule has 0 aliphatic heterocycles. The van der Waals surface area contributed by atoms with E-state index in [9.17, 15) is 4.79 Å². The monoisotopic (exact) mass is 252 g/mol. The average molecular weight is 253 g/mol. The first-order valence-corrected chi connectivity index (χ1v) is 5.22. The van der Waals surface area contributed by atoms with Gasteiger partial charge in [-0.05, 0) is 30.3 Å². The van der Waals surface area contributed by atoms with Crippen molar-refractivity contribution in [3.05, 3.63) is 52.9 Å². The maximum atomic E-state index is 10.8. The van der Waals surface area contributed by atoms with Gasteiger partial charge in [0.2, 0.25) is 5.76 Å². The van der Waals surface area contributed by atoms with Crippen molar-refractivity contribution < 1.29 is 19.1 Å². The van der Waals surface area contributed by atoms with Crippen molar-refractivity contribution in [3.63, 3.8) is 0 Å². The van der Waals surface area contributed by atoms with E-state index in [1.165, 1.54) is 6.26 Å². The highest BCUT2D eigenvalue weighted by molar-refractivity contribution is 6.30. The molecule has 0 spiro atoms. The molecule has 2 aromatic rings. The van der Waals surface area contributed by atoms with Crippen LogP contribution in [-0.4, -0.2) is 11.1 Å². The lowest BCUT2D eigenvalue weighted by Gasteiger charge is -2.04. The van der Waals surface area contributed by atoms with Crippen LogP contribution in [0.25, 0.3) is 0 Å². The molecule has 5 heteroatoms. The van der Waals surface area contributed by atoms with Crippen LogP contribution < -0.4 is 4.74 Å². The standard InChI is InChI=1S/C12H9ClO4/c13-9-1-3-10(4-2-9)17-7-8-5-6-16-11(8)12(14)15/h1-6H,7H2,(H,14,15). The molecule has 1 aromatic carbocycles. The fourth-order valence-electron chi connectivity index (χ4n) is 1.33. The third-order valence-corrected chi connectivity index (χ3v) is 2.40. The van der Waals surface area contributed by atoms with E-state index in [0.29, 0.717) is 16.3 Å². The van der Waals surface area contributed by atoms with E-state index < -0.39 is 5.97 Å². The molecule has 0 amide bonds. The zero-order valence-electron chi connectivity index (χ0n) is 8.72. The second kappa shape index (κ2) is 4.93. The van der Waals surface area contributed by atoms with Crippen molar-refractivity contribution in [2.75, 3.05) is 0 Å². The molecule has 1 heterocycles. The Morgan fingerprint density at radius 1 is 1.29 bits per heavy atom. The minimum Gasteiger partial charge on any atom is -0.489 e. The number of furan rings is 1. The third kappa shape index (κ3) is 2.79. The van der Waals surface area contributed by atoms with Crippen molar-refractivity contribution in [2.24, 2.45) is 0 Å². The quantitative estimate of drug-likeness (QED) is 0.908. The molecular weight excluding hydrogens is 244 g/mol. The van der Waals surface area contributed by atoms with Crippen LogP contribution in [-0.2, 0) is 6.61 Å². The second-order valence-corrected chi connectivity index (χ2v) is 3.76. The smallest absolute Gasteiger partial charge is 0.372 e. The zero-order valence-corrected chi connectivity index (χ0v) is 9.48. The van der Waals surface area contributed by atoms with Crippen molar-refractivity contribution in [2.45, 2.75) is 6.61 Å². The summed E-state index contributed by atoms with van der Waals surface area (Å²) in [7, 11) is 0. The zero-order chi connectivity index (χ0) is 12.3. The van der Waals surface area contributed by atoms with Crippen molar-refractivity contribution in [1.29, 1.82) is 0 Å². The summed E-state index contributed by atoms with van der Waals surface area (Å²) in [5, 5.41) is 9.44. The lowest BCUT2D eigenvalue weighted by Crippen LogP contribution is -2.02. The largest absolute Gasteiger partial charge is 0.489 e. The number of halogens is 1. The van der Waals surface area contributed by atoms with Crippen molar-refractivity contribution in [3.8, 4) is 5.75 Å². The molecule has 0 aliphatic carbocycles. The maximum absolute atomic E-state index is 10.8. The SMILES string of the molecule is O=C(O)c1occc1COc1ccc(Cl)cc1. The van der Waals surface area contributed by atoms with Crippen LogP contribution in [0.2, 0.25) is 5.02 Å². The van der Waals surface area contributed by atoms with Gasteiger partial charge in [0.15, 0.2) is 0 Å². The van der Waals surface area contributed by atoms with Gasteiger partial charge in [-0.2, -0.15) is 0 Å². The molecule has 0 aliphatic rings. The van der Waals surface area contributed by atoms with Gasteiger partial charge >= 0.3 is 5.97 Å². The number of ether oxygens (including phenoxy) is 1. The second-order valence-electron chi connectivity index (χ2n) is 3.32. The number of carboxylic acids is 1. The Balaban J connectivity index is 2.05. The Bertz CT molecular complexity index is 516. The van der Waals surface area contributed by atoms with Crippen molar-refractivity contribution in [1.82, 2.24) is 0 Å². The van der Waals surface area contributed by atoms with Gasteiger partial charge in [-0.25, -0.2) is 4.79 Å². The number of hydrogen-bond donors (Lipinski definition) is 1. The molecule has 1 N–H and O–H groups in total. The summed E-state index contributed by atoms with van der Waals surface area (Å²) in [6, 6.07) is 8.39. The summed E-state index contributed by atoms with van der Waals surface area (Å²) >= 11 is 5.73. The molecule has 0 saturated carbocycles. The van der Waals surface area contributed by atoms with Gasteiger partial charge in [0.05, 0.1) is 6.26 Å². The highest BCUT2D eigenvalue weighted by Crippen LogP contribution is 2.18. The van der Waals surface area contributed by atoms with Gasteiger partial charge in [-0.3, -0.25) is 0 Å². The van der Waals surface area contributed by atoms with E-state index in [1.807, 2.05) is 0 Å². The normalized spacial score (nSPS) is 10.2. The number of carbonyl (C=O) groups is 1. The molecule has 4 nitrogen and oxygen atoms in total. The molecule has 0 saturated heterocycles. The number of aromatic carboxylic acids is 1. The first-order chi connectivity index (χ1) is 8.16. The average Bonchev–Trinajstić information content (AvgIpc) is 2.76. The Morgan fingerprint density at radius 3 is 2.65 bits per heavy atom. The van der Waals surface area contributed by atoms with Gasteiger partial charge in [-0.15, -0.1) is 0 Å². The first-order valence-electron chi connectivity index (χ1n) is 4.85. The predicted octanol–water partition coefficient (Wildman–Crippen LogP) is 3.21. The summed E-state index contributed by atoms with van der Waals surface area (Å²) in [5.41, 5.74) is 0.493. The molecule has 0 radical (unpaired) electrons. The Hall–Kier alpha value is -1.94. The fourth-order valence-corrected chi connectivity index (χ4v) is 1.45. The number of rotatable bonds is 4. The minimum absolute atomic E-state index is 0.0982. The summed E-state index contributed by atoms with van der Waals surface area (Å²) in [6.45, 7) is 0.139. The summed E-state index contributed by atoms with van der Waals surface area (Å²) in [4.78, 5) is 10.8. The molecule has 1 aromatic heterocycles. The lowest BCUT2D eigenvalue weighted by molar-refractivity contribution is 0.0658. The predicted molar refractivity (Wildman–Crippen MR) is 61.5 cm³/mol. The van der Waals surface area contributed by atoms with E-state index in [0.717, 1.165) is 0 Å². The topological polar surface area (TPSA) is 59.7 Å². The van der Waals surface area contributed by atoms with Crippen LogP contribution >= 0.6 is 11.6 Å². The van der Waals surface area contributed by atoms with Crippen LogP contribution in [0.15, 0.2) is 41.0 Å². The first kappa shape index (κ1) is 11.5. The van der Waals surface area contributed by atoms with Gasteiger partial charge < -0.3 is 14.3 Å². The van der Waals surface area contributed by atoms with E-state index in [2.05, 4.69) is 0 Å². The minimum atomic E-state index is -1.11. The van der Waals surface area contributed by atoms with Crippen LogP contribution in [0.3, 0.4) is 0 Å². The molecule has 0 unspecified atom stereocenters. The highest BCUT2D eigenvalue weighted by Gasteiger charge is 2.14.